The third-order valence-corrected chi connectivity index (χ3v) is 2.25. The summed E-state index contributed by atoms with van der Waals surface area (Å²) < 4.78 is 12.9. The summed E-state index contributed by atoms with van der Waals surface area (Å²) in [6, 6.07) is 14.4. The normalized spacial score (nSPS) is 10.0. The van der Waals surface area contributed by atoms with Crippen molar-refractivity contribution in [1.82, 2.24) is 0 Å². The van der Waals surface area contributed by atoms with Crippen molar-refractivity contribution in [1.29, 1.82) is 0 Å². The van der Waals surface area contributed by atoms with Gasteiger partial charge in [-0.25, -0.2) is 4.39 Å². The second-order valence-electron chi connectivity index (χ2n) is 3.45. The van der Waals surface area contributed by atoms with E-state index in [9.17, 15) is 4.39 Å². The summed E-state index contributed by atoms with van der Waals surface area (Å²) in [4.78, 5) is 0. The van der Waals surface area contributed by atoms with Crippen LogP contribution < -0.4 is 5.32 Å². The maximum atomic E-state index is 12.9. The Kier molecular flexibility index (Phi) is 2.68. The molecule has 0 atom stereocenters. The van der Waals surface area contributed by atoms with Gasteiger partial charge in [-0.2, -0.15) is 0 Å². The fraction of sp³-hybridized carbons (Fsp3) is 0.0769. The number of halogens is 1. The zero-order valence-electron chi connectivity index (χ0n) is 8.50. The Bertz CT molecular complexity index is 466. The molecule has 2 heteroatoms. The first-order chi connectivity index (χ1) is 7.25. The zero-order chi connectivity index (χ0) is 10.7. The van der Waals surface area contributed by atoms with Crippen LogP contribution >= 0.6 is 0 Å². The van der Waals surface area contributed by atoms with Gasteiger partial charge in [0.05, 0.1) is 0 Å². The van der Waals surface area contributed by atoms with Gasteiger partial charge in [0, 0.05) is 11.4 Å². The maximum absolute atomic E-state index is 12.9. The van der Waals surface area contributed by atoms with E-state index in [1.807, 2.05) is 37.3 Å². The SMILES string of the molecule is Cc1ccccc1Nc1cccc(F)c1. The molecule has 0 unspecified atom stereocenters. The summed E-state index contributed by atoms with van der Waals surface area (Å²) in [6.07, 6.45) is 0. The average molecular weight is 201 g/mol. The van der Waals surface area contributed by atoms with Crippen LogP contribution in [0.15, 0.2) is 48.5 Å². The molecule has 2 aromatic carbocycles. The smallest absolute Gasteiger partial charge is 0.125 e. The zero-order valence-corrected chi connectivity index (χ0v) is 8.50. The monoisotopic (exact) mass is 201 g/mol. The van der Waals surface area contributed by atoms with Gasteiger partial charge in [-0.1, -0.05) is 24.3 Å². The molecule has 0 heterocycles. The van der Waals surface area contributed by atoms with Crippen LogP contribution in [-0.4, -0.2) is 0 Å². The van der Waals surface area contributed by atoms with Crippen molar-refractivity contribution in [2.75, 3.05) is 5.32 Å². The van der Waals surface area contributed by atoms with Crippen LogP contribution in [0.2, 0.25) is 0 Å². The van der Waals surface area contributed by atoms with E-state index in [2.05, 4.69) is 5.32 Å². The lowest BCUT2D eigenvalue weighted by molar-refractivity contribution is 0.628. The van der Waals surface area contributed by atoms with Gasteiger partial charge < -0.3 is 5.32 Å². The Hall–Kier alpha value is -1.83. The number of nitrogens with one attached hydrogen (secondary N) is 1. The number of rotatable bonds is 2. The molecule has 0 aliphatic heterocycles. The first-order valence-electron chi connectivity index (χ1n) is 4.84. The van der Waals surface area contributed by atoms with Crippen LogP contribution in [0.25, 0.3) is 0 Å². The van der Waals surface area contributed by atoms with Crippen molar-refractivity contribution in [3.8, 4) is 0 Å². The Balaban J connectivity index is 2.26. The van der Waals surface area contributed by atoms with E-state index in [-0.39, 0.29) is 5.82 Å². The summed E-state index contributed by atoms with van der Waals surface area (Å²) in [5.74, 6) is -0.228. The lowest BCUT2D eigenvalue weighted by Crippen LogP contribution is -1.92. The molecule has 0 aromatic heterocycles. The number of para-hydroxylation sites is 1. The number of hydrogen-bond acceptors (Lipinski definition) is 1. The van der Waals surface area contributed by atoms with Gasteiger partial charge in [-0.3, -0.25) is 0 Å². The predicted molar refractivity (Wildman–Crippen MR) is 60.9 cm³/mol. The molecule has 0 saturated carbocycles. The minimum atomic E-state index is -0.228. The maximum Gasteiger partial charge on any atom is 0.125 e. The highest BCUT2D eigenvalue weighted by atomic mass is 19.1. The molecular weight excluding hydrogens is 189 g/mol. The van der Waals surface area contributed by atoms with Gasteiger partial charge >= 0.3 is 0 Å². The molecule has 0 aliphatic rings. The third-order valence-electron chi connectivity index (χ3n) is 2.25. The Labute approximate surface area is 88.6 Å². The molecule has 76 valence electrons. The minimum Gasteiger partial charge on any atom is -0.355 e. The quantitative estimate of drug-likeness (QED) is 0.777. The fourth-order valence-electron chi connectivity index (χ4n) is 1.43. The molecule has 0 saturated heterocycles. The summed E-state index contributed by atoms with van der Waals surface area (Å²) in [6.45, 7) is 2.02. The van der Waals surface area contributed by atoms with E-state index in [1.165, 1.54) is 12.1 Å². The van der Waals surface area contributed by atoms with Crippen LogP contribution in [0.4, 0.5) is 15.8 Å². The number of anilines is 2. The molecule has 2 aromatic rings. The summed E-state index contributed by atoms with van der Waals surface area (Å²) in [5.41, 5.74) is 2.91. The fourth-order valence-corrected chi connectivity index (χ4v) is 1.43. The van der Waals surface area contributed by atoms with Crippen LogP contribution in [0, 0.1) is 12.7 Å². The highest BCUT2D eigenvalue weighted by molar-refractivity contribution is 5.62. The van der Waals surface area contributed by atoms with E-state index >= 15 is 0 Å². The molecule has 15 heavy (non-hydrogen) atoms. The number of aryl methyl sites for hydroxylation is 1. The van der Waals surface area contributed by atoms with E-state index in [0.29, 0.717) is 0 Å². The van der Waals surface area contributed by atoms with Crippen LogP contribution in [0.5, 0.6) is 0 Å². The van der Waals surface area contributed by atoms with Gasteiger partial charge in [0.2, 0.25) is 0 Å². The first-order valence-corrected chi connectivity index (χ1v) is 4.84. The highest BCUT2D eigenvalue weighted by Crippen LogP contribution is 2.20. The largest absolute Gasteiger partial charge is 0.355 e. The molecule has 2 rings (SSSR count). The van der Waals surface area contributed by atoms with Crippen LogP contribution in [0.1, 0.15) is 5.56 Å². The van der Waals surface area contributed by atoms with Crippen molar-refractivity contribution >= 4 is 11.4 Å². The van der Waals surface area contributed by atoms with Gasteiger partial charge in [0.15, 0.2) is 0 Å². The van der Waals surface area contributed by atoms with Crippen molar-refractivity contribution in [2.45, 2.75) is 6.92 Å². The lowest BCUT2D eigenvalue weighted by atomic mass is 10.2. The second kappa shape index (κ2) is 4.13. The summed E-state index contributed by atoms with van der Waals surface area (Å²) >= 11 is 0. The van der Waals surface area contributed by atoms with Crippen LogP contribution in [-0.2, 0) is 0 Å². The summed E-state index contributed by atoms with van der Waals surface area (Å²) in [7, 11) is 0. The Morgan fingerprint density at radius 1 is 1.00 bits per heavy atom. The van der Waals surface area contributed by atoms with Crippen LogP contribution in [0.3, 0.4) is 0 Å². The molecule has 0 bridgehead atoms. The highest BCUT2D eigenvalue weighted by Gasteiger charge is 1.98. The van der Waals surface area contributed by atoms with Gasteiger partial charge in [-0.05, 0) is 36.8 Å². The third kappa shape index (κ3) is 2.34. The lowest BCUT2D eigenvalue weighted by Gasteiger charge is -2.08. The average Bonchev–Trinajstić information content (AvgIpc) is 2.22. The number of benzene rings is 2. The Morgan fingerprint density at radius 2 is 1.80 bits per heavy atom. The van der Waals surface area contributed by atoms with Gasteiger partial charge in [-0.15, -0.1) is 0 Å². The van der Waals surface area contributed by atoms with Crippen molar-refractivity contribution in [3.05, 3.63) is 59.9 Å². The second-order valence-corrected chi connectivity index (χ2v) is 3.45. The molecule has 1 nitrogen and oxygen atoms in total. The van der Waals surface area contributed by atoms with Gasteiger partial charge in [0.1, 0.15) is 5.82 Å². The van der Waals surface area contributed by atoms with E-state index in [1.54, 1.807) is 6.07 Å². The molecule has 1 N–H and O–H groups in total. The molecule has 0 spiro atoms. The molecular formula is C13H12FN. The number of hydrogen-bond donors (Lipinski definition) is 1. The predicted octanol–water partition coefficient (Wildman–Crippen LogP) is 3.88. The van der Waals surface area contributed by atoms with E-state index < -0.39 is 0 Å². The molecule has 0 fully saturated rings. The minimum absolute atomic E-state index is 0.228. The van der Waals surface area contributed by atoms with Crippen molar-refractivity contribution in [2.24, 2.45) is 0 Å². The standard InChI is InChI=1S/C13H12FN/c1-10-5-2-3-8-13(10)15-12-7-4-6-11(14)9-12/h2-9,15H,1H3. The van der Waals surface area contributed by atoms with Crippen molar-refractivity contribution < 1.29 is 4.39 Å². The molecule has 0 aliphatic carbocycles. The van der Waals surface area contributed by atoms with E-state index in [4.69, 9.17) is 0 Å². The topological polar surface area (TPSA) is 12.0 Å². The van der Waals surface area contributed by atoms with E-state index in [0.717, 1.165) is 16.9 Å². The molecule has 0 amide bonds. The molecule has 0 radical (unpaired) electrons. The first kappa shape index (κ1) is 9.71. The van der Waals surface area contributed by atoms with Crippen molar-refractivity contribution in [3.63, 3.8) is 0 Å². The summed E-state index contributed by atoms with van der Waals surface area (Å²) in [5, 5.41) is 3.17. The van der Waals surface area contributed by atoms with Gasteiger partial charge in [0.25, 0.3) is 0 Å². The Morgan fingerprint density at radius 3 is 2.53 bits per heavy atom.